The Balaban J connectivity index is 2.00. The highest BCUT2D eigenvalue weighted by molar-refractivity contribution is 8.18. The van der Waals surface area contributed by atoms with Gasteiger partial charge in [-0.1, -0.05) is 89.2 Å². The van der Waals surface area contributed by atoms with Crippen LogP contribution in [-0.2, 0) is 26.4 Å². The summed E-state index contributed by atoms with van der Waals surface area (Å²) in [5.74, 6) is 0.905. The molecule has 1 saturated heterocycles. The number of rotatable bonds is 8. The second-order valence-corrected chi connectivity index (χ2v) is 19.6. The van der Waals surface area contributed by atoms with Crippen molar-refractivity contribution in [2.75, 3.05) is 13.2 Å². The van der Waals surface area contributed by atoms with Crippen LogP contribution in [0.1, 0.15) is 119 Å². The van der Waals surface area contributed by atoms with Crippen LogP contribution in [0.25, 0.3) is 0 Å². The lowest BCUT2D eigenvalue weighted by Gasteiger charge is -2.32. The summed E-state index contributed by atoms with van der Waals surface area (Å²) in [6.45, 7) is 32.7. The lowest BCUT2D eigenvalue weighted by atomic mass is 9.79. The molecule has 0 aromatic heterocycles. The first-order chi connectivity index (χ1) is 18.0. The van der Waals surface area contributed by atoms with Crippen molar-refractivity contribution in [1.29, 1.82) is 0 Å². The molecule has 0 bridgehead atoms. The molecule has 2 unspecified atom stereocenters. The third-order valence-corrected chi connectivity index (χ3v) is 9.66. The zero-order valence-corrected chi connectivity index (χ0v) is 29.2. The van der Waals surface area contributed by atoms with Gasteiger partial charge in [0.2, 0.25) is 0 Å². The number of aliphatic hydroxyl groups excluding tert-OH is 1. The highest BCUT2D eigenvalue weighted by Gasteiger charge is 2.34. The van der Waals surface area contributed by atoms with E-state index in [0.29, 0.717) is 6.61 Å². The normalized spacial score (nSPS) is 17.6. The van der Waals surface area contributed by atoms with Gasteiger partial charge in [-0.15, -0.1) is 23.5 Å². The summed E-state index contributed by atoms with van der Waals surface area (Å²) in [6, 6.07) is 11.8. The molecule has 40 heavy (non-hydrogen) atoms. The minimum atomic E-state index is -0.605. The Morgan fingerprint density at radius 3 is 1.45 bits per heavy atom. The van der Waals surface area contributed by atoms with Gasteiger partial charge in [-0.05, 0) is 70.9 Å². The molecular weight excluding hydrogens is 533 g/mol. The fourth-order valence-electron chi connectivity index (χ4n) is 4.60. The van der Waals surface area contributed by atoms with Gasteiger partial charge in [-0.25, -0.2) is 0 Å². The predicted molar refractivity (Wildman–Crippen MR) is 175 cm³/mol. The standard InChI is InChI=1S/C35H54O3S2/c1-31(2,3)22-15-23(32(4,5)6)17-24(16-22)39-35(13,14)40-25-18-26(33(7,8)9)30(27(19-25)34(10,11)12)38-20-28(36)29-21-37-29/h15-19,28-29,36H,20-21H2,1-14H3. The molecule has 1 heterocycles. The molecule has 0 aliphatic carbocycles. The Morgan fingerprint density at radius 2 is 1.10 bits per heavy atom. The molecule has 2 atom stereocenters. The summed E-state index contributed by atoms with van der Waals surface area (Å²) in [6.07, 6.45) is -0.703. The summed E-state index contributed by atoms with van der Waals surface area (Å²) in [5.41, 5.74) is 5.06. The Hall–Kier alpha value is -1.14. The first-order valence-corrected chi connectivity index (χ1v) is 16.3. The van der Waals surface area contributed by atoms with Crippen molar-refractivity contribution in [3.63, 3.8) is 0 Å². The molecule has 2 aromatic rings. The summed E-state index contributed by atoms with van der Waals surface area (Å²) < 4.78 is 11.6. The van der Waals surface area contributed by atoms with Crippen molar-refractivity contribution in [3.05, 3.63) is 52.6 Å². The monoisotopic (exact) mass is 586 g/mol. The van der Waals surface area contributed by atoms with Crippen LogP contribution in [0.3, 0.4) is 0 Å². The smallest absolute Gasteiger partial charge is 0.126 e. The third-order valence-electron chi connectivity index (χ3n) is 7.23. The molecule has 224 valence electrons. The largest absolute Gasteiger partial charge is 0.490 e. The van der Waals surface area contributed by atoms with Gasteiger partial charge in [0.25, 0.3) is 0 Å². The Kier molecular flexibility index (Phi) is 9.60. The molecule has 1 N–H and O–H groups in total. The highest BCUT2D eigenvalue weighted by atomic mass is 32.2. The van der Waals surface area contributed by atoms with Crippen LogP contribution in [0, 0.1) is 0 Å². The van der Waals surface area contributed by atoms with Crippen LogP contribution in [0.4, 0.5) is 0 Å². The molecule has 0 spiro atoms. The molecule has 3 nitrogen and oxygen atoms in total. The van der Waals surface area contributed by atoms with Gasteiger partial charge >= 0.3 is 0 Å². The Bertz CT molecular complexity index is 1120. The maximum atomic E-state index is 10.5. The molecule has 1 aliphatic heterocycles. The molecule has 0 radical (unpaired) electrons. The molecular formula is C35H54O3S2. The molecule has 0 amide bonds. The first-order valence-electron chi connectivity index (χ1n) is 14.6. The zero-order valence-electron chi connectivity index (χ0n) is 27.5. The quantitative estimate of drug-likeness (QED) is 0.189. The Morgan fingerprint density at radius 1 is 0.700 bits per heavy atom. The average Bonchev–Trinajstić information content (AvgIpc) is 3.59. The van der Waals surface area contributed by atoms with E-state index < -0.39 is 6.10 Å². The van der Waals surface area contributed by atoms with Crippen LogP contribution in [0.5, 0.6) is 5.75 Å². The molecule has 2 aromatic carbocycles. The third kappa shape index (κ3) is 8.93. The molecule has 5 heteroatoms. The lowest BCUT2D eigenvalue weighted by molar-refractivity contribution is 0.0792. The summed E-state index contributed by atoms with van der Waals surface area (Å²) in [7, 11) is 0. The van der Waals surface area contributed by atoms with Crippen LogP contribution < -0.4 is 4.74 Å². The fraction of sp³-hybridized carbons (Fsp3) is 0.657. The number of aliphatic hydroxyl groups is 1. The number of ether oxygens (including phenoxy) is 2. The van der Waals surface area contributed by atoms with E-state index in [1.54, 1.807) is 0 Å². The van der Waals surface area contributed by atoms with E-state index in [1.807, 2.05) is 23.5 Å². The van der Waals surface area contributed by atoms with E-state index in [4.69, 9.17) is 9.47 Å². The highest BCUT2D eigenvalue weighted by Crippen LogP contribution is 2.50. The number of hydrogen-bond donors (Lipinski definition) is 1. The van der Waals surface area contributed by atoms with Crippen LogP contribution in [0.15, 0.2) is 40.1 Å². The molecule has 3 rings (SSSR count). The van der Waals surface area contributed by atoms with Crippen molar-refractivity contribution in [3.8, 4) is 5.75 Å². The minimum absolute atomic E-state index is 0.0894. The van der Waals surface area contributed by atoms with Gasteiger partial charge in [0, 0.05) is 20.9 Å². The van der Waals surface area contributed by atoms with Crippen LogP contribution in [-0.4, -0.2) is 34.6 Å². The number of thioether (sulfide) groups is 2. The van der Waals surface area contributed by atoms with Gasteiger partial charge < -0.3 is 14.6 Å². The maximum absolute atomic E-state index is 10.5. The van der Waals surface area contributed by atoms with E-state index in [-0.39, 0.29) is 38.4 Å². The van der Waals surface area contributed by atoms with E-state index >= 15 is 0 Å². The van der Waals surface area contributed by atoms with E-state index in [2.05, 4.69) is 127 Å². The number of epoxide rings is 1. The van der Waals surface area contributed by atoms with E-state index in [1.165, 1.54) is 32.0 Å². The second kappa shape index (κ2) is 11.5. The SMILES string of the molecule is CC(C)(Sc1cc(C(C)(C)C)cc(C(C)(C)C)c1)Sc1cc(C(C)(C)C)c(OCC(O)C2CO2)c(C(C)(C)C)c1. The van der Waals surface area contributed by atoms with Gasteiger partial charge in [-0.3, -0.25) is 0 Å². The van der Waals surface area contributed by atoms with Crippen molar-refractivity contribution in [2.24, 2.45) is 0 Å². The molecule has 1 fully saturated rings. The lowest BCUT2D eigenvalue weighted by Crippen LogP contribution is -2.27. The first kappa shape index (κ1) is 33.4. The van der Waals surface area contributed by atoms with Crippen LogP contribution >= 0.6 is 23.5 Å². The Labute approximate surface area is 253 Å². The topological polar surface area (TPSA) is 42.0 Å². The zero-order chi connectivity index (χ0) is 30.5. The summed E-state index contributed by atoms with van der Waals surface area (Å²) in [4.78, 5) is 2.56. The van der Waals surface area contributed by atoms with Crippen molar-refractivity contribution < 1.29 is 14.6 Å². The van der Waals surface area contributed by atoms with E-state index in [9.17, 15) is 5.11 Å². The second-order valence-electron chi connectivity index (χ2n) is 15.9. The molecule has 1 aliphatic rings. The maximum Gasteiger partial charge on any atom is 0.126 e. The summed E-state index contributed by atoms with van der Waals surface area (Å²) in [5, 5.41) is 10.5. The number of hydrogen-bond acceptors (Lipinski definition) is 5. The minimum Gasteiger partial charge on any atom is -0.490 e. The van der Waals surface area contributed by atoms with Crippen molar-refractivity contribution in [2.45, 2.75) is 145 Å². The van der Waals surface area contributed by atoms with Crippen LogP contribution in [0.2, 0.25) is 0 Å². The summed E-state index contributed by atoms with van der Waals surface area (Å²) >= 11 is 3.86. The van der Waals surface area contributed by atoms with Gasteiger partial charge in [0.05, 0.1) is 10.7 Å². The fourth-order valence-corrected chi connectivity index (χ4v) is 7.20. The van der Waals surface area contributed by atoms with Gasteiger partial charge in [0.1, 0.15) is 24.6 Å². The van der Waals surface area contributed by atoms with Crippen molar-refractivity contribution >= 4 is 23.5 Å². The van der Waals surface area contributed by atoms with E-state index in [0.717, 1.165) is 5.75 Å². The van der Waals surface area contributed by atoms with Gasteiger partial charge in [0.15, 0.2) is 0 Å². The van der Waals surface area contributed by atoms with Gasteiger partial charge in [-0.2, -0.15) is 0 Å². The average molecular weight is 587 g/mol. The number of benzene rings is 2. The van der Waals surface area contributed by atoms with Crippen molar-refractivity contribution in [1.82, 2.24) is 0 Å². The predicted octanol–water partition coefficient (Wildman–Crippen LogP) is 9.64. The molecule has 0 saturated carbocycles.